The smallest absolute Gasteiger partial charge is 0.251 e. The van der Waals surface area contributed by atoms with Crippen LogP contribution in [-0.4, -0.2) is 11.8 Å². The van der Waals surface area contributed by atoms with Crippen molar-refractivity contribution in [3.63, 3.8) is 0 Å². The van der Waals surface area contributed by atoms with Crippen LogP contribution in [0, 0.1) is 0 Å². The van der Waals surface area contributed by atoms with Gasteiger partial charge in [0.05, 0.1) is 6.04 Å². The zero-order chi connectivity index (χ0) is 20.6. The molecular weight excluding hydrogens is 384 g/mol. The third-order valence-electron chi connectivity index (χ3n) is 4.63. The lowest BCUT2D eigenvalue weighted by atomic mass is 10.1. The van der Waals surface area contributed by atoms with Crippen molar-refractivity contribution in [1.82, 2.24) is 5.32 Å². The zero-order valence-corrected chi connectivity index (χ0v) is 16.9. The highest BCUT2D eigenvalue weighted by Gasteiger charge is 2.12. The van der Waals surface area contributed by atoms with Gasteiger partial charge in [-0.1, -0.05) is 66.2 Å². The predicted molar refractivity (Wildman–Crippen MR) is 117 cm³/mol. The molecule has 3 aromatic carbocycles. The first-order chi connectivity index (χ1) is 14.0. The average Bonchev–Trinajstić information content (AvgIpc) is 2.74. The number of anilines is 1. The first-order valence-electron chi connectivity index (χ1n) is 9.52. The van der Waals surface area contributed by atoms with Gasteiger partial charge >= 0.3 is 0 Å². The Morgan fingerprint density at radius 3 is 2.41 bits per heavy atom. The monoisotopic (exact) mass is 406 g/mol. The standard InChI is InChI=1S/C24H23ClN2O2/c1-17(18-8-3-2-4-9-18)26-24(29)20-11-7-12-21(16-20)27-23(28)15-14-19-10-5-6-13-22(19)25/h2-13,16-17H,14-15H2,1H3,(H,26,29)(H,27,28). The lowest BCUT2D eigenvalue weighted by molar-refractivity contribution is -0.116. The lowest BCUT2D eigenvalue weighted by Crippen LogP contribution is -2.26. The van der Waals surface area contributed by atoms with Crippen molar-refractivity contribution in [3.8, 4) is 0 Å². The Bertz CT molecular complexity index is 989. The zero-order valence-electron chi connectivity index (χ0n) is 16.2. The second kappa shape index (κ2) is 9.89. The Hall–Kier alpha value is -3.11. The summed E-state index contributed by atoms with van der Waals surface area (Å²) < 4.78 is 0. The van der Waals surface area contributed by atoms with Crippen molar-refractivity contribution in [2.24, 2.45) is 0 Å². The SMILES string of the molecule is CC(NC(=O)c1cccc(NC(=O)CCc2ccccc2Cl)c1)c1ccccc1. The summed E-state index contributed by atoms with van der Waals surface area (Å²) in [6.45, 7) is 1.94. The summed E-state index contributed by atoms with van der Waals surface area (Å²) >= 11 is 6.13. The van der Waals surface area contributed by atoms with Gasteiger partial charge in [-0.05, 0) is 48.7 Å². The summed E-state index contributed by atoms with van der Waals surface area (Å²) in [6.07, 6.45) is 0.867. The van der Waals surface area contributed by atoms with Gasteiger partial charge in [0.25, 0.3) is 5.91 Å². The van der Waals surface area contributed by atoms with Gasteiger partial charge in [-0.15, -0.1) is 0 Å². The van der Waals surface area contributed by atoms with Crippen LogP contribution >= 0.6 is 11.6 Å². The highest BCUT2D eigenvalue weighted by Crippen LogP contribution is 2.18. The quantitative estimate of drug-likeness (QED) is 0.551. The van der Waals surface area contributed by atoms with Gasteiger partial charge < -0.3 is 10.6 Å². The van der Waals surface area contributed by atoms with Crippen LogP contribution in [0.5, 0.6) is 0 Å². The fraction of sp³-hybridized carbons (Fsp3) is 0.167. The number of benzene rings is 3. The van der Waals surface area contributed by atoms with Gasteiger partial charge in [0, 0.05) is 22.7 Å². The Morgan fingerprint density at radius 2 is 1.66 bits per heavy atom. The first-order valence-corrected chi connectivity index (χ1v) is 9.90. The molecule has 0 bridgehead atoms. The number of amides is 2. The molecule has 2 N–H and O–H groups in total. The van der Waals surface area contributed by atoms with Crippen molar-refractivity contribution in [2.45, 2.75) is 25.8 Å². The molecule has 0 aliphatic heterocycles. The third kappa shape index (κ3) is 5.93. The van der Waals surface area contributed by atoms with Crippen molar-refractivity contribution >= 4 is 29.1 Å². The minimum atomic E-state index is -0.187. The van der Waals surface area contributed by atoms with Crippen LogP contribution in [0.3, 0.4) is 0 Å². The van der Waals surface area contributed by atoms with E-state index < -0.39 is 0 Å². The van der Waals surface area contributed by atoms with E-state index in [-0.39, 0.29) is 17.9 Å². The molecule has 148 valence electrons. The van der Waals surface area contributed by atoms with Crippen LogP contribution in [0.2, 0.25) is 5.02 Å². The van der Waals surface area contributed by atoms with E-state index in [1.807, 2.05) is 61.5 Å². The number of hydrogen-bond acceptors (Lipinski definition) is 2. The first kappa shape index (κ1) is 20.6. The molecule has 0 heterocycles. The van der Waals surface area contributed by atoms with E-state index in [2.05, 4.69) is 10.6 Å². The minimum absolute atomic E-state index is 0.113. The summed E-state index contributed by atoms with van der Waals surface area (Å²) in [5, 5.41) is 6.49. The van der Waals surface area contributed by atoms with Crippen LogP contribution in [0.4, 0.5) is 5.69 Å². The maximum absolute atomic E-state index is 12.6. The van der Waals surface area contributed by atoms with Crippen molar-refractivity contribution in [3.05, 3.63) is 101 Å². The van der Waals surface area contributed by atoms with Crippen LogP contribution in [0.1, 0.15) is 40.9 Å². The molecule has 4 nitrogen and oxygen atoms in total. The molecule has 3 aromatic rings. The summed E-state index contributed by atoms with van der Waals surface area (Å²) in [5.74, 6) is -0.311. The Morgan fingerprint density at radius 1 is 0.931 bits per heavy atom. The summed E-state index contributed by atoms with van der Waals surface area (Å²) in [5.41, 5.74) is 3.06. The van der Waals surface area contributed by atoms with E-state index in [9.17, 15) is 9.59 Å². The molecule has 0 aliphatic carbocycles. The molecule has 1 unspecified atom stereocenters. The van der Waals surface area contributed by atoms with E-state index in [0.29, 0.717) is 29.1 Å². The van der Waals surface area contributed by atoms with Gasteiger partial charge in [0.15, 0.2) is 0 Å². The molecule has 0 aliphatic rings. The average molecular weight is 407 g/mol. The number of carbonyl (C=O) groups is 2. The van der Waals surface area contributed by atoms with E-state index in [4.69, 9.17) is 11.6 Å². The number of carbonyl (C=O) groups excluding carboxylic acids is 2. The second-order valence-electron chi connectivity index (χ2n) is 6.83. The molecule has 0 saturated heterocycles. The largest absolute Gasteiger partial charge is 0.346 e. The van der Waals surface area contributed by atoms with Crippen LogP contribution in [0.15, 0.2) is 78.9 Å². The minimum Gasteiger partial charge on any atom is -0.346 e. The van der Waals surface area contributed by atoms with E-state index in [0.717, 1.165) is 11.1 Å². The summed E-state index contributed by atoms with van der Waals surface area (Å²) in [7, 11) is 0. The number of rotatable bonds is 7. The van der Waals surface area contributed by atoms with E-state index in [1.54, 1.807) is 24.3 Å². The van der Waals surface area contributed by atoms with Gasteiger partial charge in [-0.2, -0.15) is 0 Å². The maximum Gasteiger partial charge on any atom is 0.251 e. The van der Waals surface area contributed by atoms with Gasteiger partial charge in [0.2, 0.25) is 5.91 Å². The fourth-order valence-corrected chi connectivity index (χ4v) is 3.25. The maximum atomic E-state index is 12.6. The summed E-state index contributed by atoms with van der Waals surface area (Å²) in [4.78, 5) is 24.9. The van der Waals surface area contributed by atoms with E-state index >= 15 is 0 Å². The molecule has 0 spiro atoms. The van der Waals surface area contributed by atoms with E-state index in [1.165, 1.54) is 0 Å². The molecule has 0 aromatic heterocycles. The molecule has 1 atom stereocenters. The van der Waals surface area contributed by atoms with Crippen LogP contribution in [-0.2, 0) is 11.2 Å². The molecular formula is C24H23ClN2O2. The molecule has 3 rings (SSSR count). The topological polar surface area (TPSA) is 58.2 Å². The molecule has 0 radical (unpaired) electrons. The van der Waals surface area contributed by atoms with Gasteiger partial charge in [-0.3, -0.25) is 9.59 Å². The Labute approximate surface area is 175 Å². The van der Waals surface area contributed by atoms with Gasteiger partial charge in [-0.25, -0.2) is 0 Å². The Kier molecular flexibility index (Phi) is 7.04. The normalized spacial score (nSPS) is 11.5. The number of nitrogens with one attached hydrogen (secondary N) is 2. The van der Waals surface area contributed by atoms with Crippen molar-refractivity contribution < 1.29 is 9.59 Å². The number of hydrogen-bond donors (Lipinski definition) is 2. The Balaban J connectivity index is 1.58. The summed E-state index contributed by atoms with van der Waals surface area (Å²) in [6, 6.07) is 24.1. The molecule has 0 saturated carbocycles. The van der Waals surface area contributed by atoms with Crippen molar-refractivity contribution in [2.75, 3.05) is 5.32 Å². The second-order valence-corrected chi connectivity index (χ2v) is 7.23. The number of aryl methyl sites for hydroxylation is 1. The molecule has 29 heavy (non-hydrogen) atoms. The number of halogens is 1. The highest BCUT2D eigenvalue weighted by atomic mass is 35.5. The molecule has 5 heteroatoms. The lowest BCUT2D eigenvalue weighted by Gasteiger charge is -2.15. The predicted octanol–water partition coefficient (Wildman–Crippen LogP) is 5.40. The molecule has 2 amide bonds. The third-order valence-corrected chi connectivity index (χ3v) is 5.00. The van der Waals surface area contributed by atoms with Crippen LogP contribution in [0.25, 0.3) is 0 Å². The van der Waals surface area contributed by atoms with Gasteiger partial charge in [0.1, 0.15) is 0 Å². The molecule has 0 fully saturated rings. The van der Waals surface area contributed by atoms with Crippen LogP contribution < -0.4 is 10.6 Å². The van der Waals surface area contributed by atoms with Crippen molar-refractivity contribution in [1.29, 1.82) is 0 Å². The fourth-order valence-electron chi connectivity index (χ4n) is 3.02. The highest BCUT2D eigenvalue weighted by molar-refractivity contribution is 6.31.